The van der Waals surface area contributed by atoms with Gasteiger partial charge in [0, 0.05) is 38.4 Å². The van der Waals surface area contributed by atoms with Crippen molar-refractivity contribution in [3.63, 3.8) is 0 Å². The average Bonchev–Trinajstić information content (AvgIpc) is 2.75. The summed E-state index contributed by atoms with van der Waals surface area (Å²) in [5, 5.41) is 5.91. The van der Waals surface area contributed by atoms with E-state index in [-0.39, 0.29) is 23.8 Å². The molecule has 1 saturated carbocycles. The van der Waals surface area contributed by atoms with E-state index in [9.17, 15) is 14.4 Å². The number of aryl methyl sites for hydroxylation is 1. The third-order valence-corrected chi connectivity index (χ3v) is 6.49. The minimum atomic E-state index is -0.592. The molecule has 0 aromatic heterocycles. The number of carbonyl (C=O) groups excluding carboxylic acids is 3. The summed E-state index contributed by atoms with van der Waals surface area (Å²) >= 11 is 0. The van der Waals surface area contributed by atoms with Crippen molar-refractivity contribution in [2.75, 3.05) is 13.1 Å². The van der Waals surface area contributed by atoms with Gasteiger partial charge in [0.2, 0.25) is 17.7 Å². The van der Waals surface area contributed by atoms with Crippen molar-refractivity contribution in [2.45, 2.75) is 77.3 Å². The molecule has 164 valence electrons. The van der Waals surface area contributed by atoms with Crippen LogP contribution < -0.4 is 10.6 Å². The number of carbonyl (C=O) groups is 3. The number of benzene rings is 1. The van der Waals surface area contributed by atoms with E-state index in [0.29, 0.717) is 25.4 Å². The molecular weight excluding hydrogens is 378 g/mol. The molecule has 30 heavy (non-hydrogen) atoms. The number of hydrogen-bond acceptors (Lipinski definition) is 3. The van der Waals surface area contributed by atoms with Crippen molar-refractivity contribution in [2.24, 2.45) is 5.92 Å². The molecule has 2 fully saturated rings. The summed E-state index contributed by atoms with van der Waals surface area (Å²) in [6.07, 6.45) is 7.61. The zero-order valence-electron chi connectivity index (χ0n) is 18.3. The number of piperidine rings is 1. The quantitative estimate of drug-likeness (QED) is 0.753. The van der Waals surface area contributed by atoms with Crippen LogP contribution in [0.5, 0.6) is 0 Å². The van der Waals surface area contributed by atoms with Gasteiger partial charge in [-0.05, 0) is 43.7 Å². The van der Waals surface area contributed by atoms with Crippen LogP contribution in [0.3, 0.4) is 0 Å². The molecule has 6 nitrogen and oxygen atoms in total. The van der Waals surface area contributed by atoms with E-state index in [1.807, 2.05) is 36.1 Å². The normalized spacial score (nSPS) is 19.2. The molecule has 1 unspecified atom stereocenters. The Morgan fingerprint density at radius 1 is 1.03 bits per heavy atom. The number of hydrogen-bond donors (Lipinski definition) is 2. The smallest absolute Gasteiger partial charge is 0.243 e. The maximum atomic E-state index is 12.9. The van der Waals surface area contributed by atoms with Crippen LogP contribution >= 0.6 is 0 Å². The zero-order chi connectivity index (χ0) is 21.5. The van der Waals surface area contributed by atoms with E-state index in [4.69, 9.17) is 0 Å². The Hall–Kier alpha value is -2.37. The Bertz CT molecular complexity index is 750. The van der Waals surface area contributed by atoms with Crippen LogP contribution in [0.1, 0.15) is 63.0 Å². The largest absolute Gasteiger partial charge is 0.351 e. The molecule has 1 heterocycles. The molecule has 2 N–H and O–H groups in total. The fourth-order valence-electron chi connectivity index (χ4n) is 4.67. The van der Waals surface area contributed by atoms with Crippen molar-refractivity contribution < 1.29 is 14.4 Å². The van der Waals surface area contributed by atoms with Gasteiger partial charge in [-0.2, -0.15) is 0 Å². The third-order valence-electron chi connectivity index (χ3n) is 6.49. The maximum Gasteiger partial charge on any atom is 0.243 e. The highest BCUT2D eigenvalue weighted by Gasteiger charge is 2.30. The molecule has 3 amide bonds. The van der Waals surface area contributed by atoms with Crippen molar-refractivity contribution in [3.8, 4) is 0 Å². The number of likely N-dealkylation sites (tertiary alicyclic amines) is 1. The molecule has 0 bridgehead atoms. The summed E-state index contributed by atoms with van der Waals surface area (Å²) in [6, 6.07) is 7.37. The van der Waals surface area contributed by atoms with Gasteiger partial charge in [-0.25, -0.2) is 0 Å². The molecule has 6 heteroatoms. The van der Waals surface area contributed by atoms with Crippen molar-refractivity contribution >= 4 is 17.7 Å². The first kappa shape index (κ1) is 22.3. The second-order valence-electron chi connectivity index (χ2n) is 8.83. The lowest BCUT2D eigenvalue weighted by Gasteiger charge is -2.36. The van der Waals surface area contributed by atoms with E-state index in [2.05, 4.69) is 10.6 Å². The fraction of sp³-hybridized carbons (Fsp3) is 0.625. The Morgan fingerprint density at radius 3 is 2.33 bits per heavy atom. The summed E-state index contributed by atoms with van der Waals surface area (Å²) in [5.41, 5.74) is 2.16. The Kier molecular flexibility index (Phi) is 7.88. The lowest BCUT2D eigenvalue weighted by Crippen LogP contribution is -2.53. The highest BCUT2D eigenvalue weighted by Crippen LogP contribution is 2.26. The Morgan fingerprint density at radius 2 is 1.70 bits per heavy atom. The van der Waals surface area contributed by atoms with Crippen LogP contribution in [0.4, 0.5) is 0 Å². The van der Waals surface area contributed by atoms with Gasteiger partial charge in [0.1, 0.15) is 6.04 Å². The molecule has 1 aromatic rings. The first-order valence-electron chi connectivity index (χ1n) is 11.3. The topological polar surface area (TPSA) is 78.5 Å². The molecular formula is C24H35N3O3. The fourth-order valence-corrected chi connectivity index (χ4v) is 4.67. The van der Waals surface area contributed by atoms with Gasteiger partial charge in [0.25, 0.3) is 0 Å². The third kappa shape index (κ3) is 6.07. The van der Waals surface area contributed by atoms with Gasteiger partial charge in [-0.15, -0.1) is 0 Å². The van der Waals surface area contributed by atoms with E-state index < -0.39 is 6.04 Å². The number of nitrogens with one attached hydrogen (secondary N) is 2. The SMILES string of the molecule is CC(=O)NC(Cc1ccccc1C)C(=O)NC1CCN(C(=O)C2CCCCC2)CC1. The molecule has 1 atom stereocenters. The average molecular weight is 414 g/mol. The Labute approximate surface area is 179 Å². The second kappa shape index (κ2) is 10.6. The lowest BCUT2D eigenvalue weighted by molar-refractivity contribution is -0.138. The van der Waals surface area contributed by atoms with Crippen molar-refractivity contribution in [1.82, 2.24) is 15.5 Å². The molecule has 1 saturated heterocycles. The maximum absolute atomic E-state index is 12.9. The number of amides is 3. The molecule has 1 aliphatic heterocycles. The van der Waals surface area contributed by atoms with E-state index in [0.717, 1.165) is 49.7 Å². The molecule has 1 aliphatic carbocycles. The molecule has 3 rings (SSSR count). The predicted octanol–water partition coefficient (Wildman–Crippen LogP) is 2.73. The van der Waals surface area contributed by atoms with E-state index in [1.54, 1.807) is 0 Å². The van der Waals surface area contributed by atoms with Crippen LogP contribution in [0.15, 0.2) is 24.3 Å². The number of rotatable bonds is 6. The van der Waals surface area contributed by atoms with Crippen LogP contribution in [0.2, 0.25) is 0 Å². The minimum absolute atomic E-state index is 0.0426. The minimum Gasteiger partial charge on any atom is -0.351 e. The highest BCUT2D eigenvalue weighted by atomic mass is 16.2. The first-order valence-corrected chi connectivity index (χ1v) is 11.3. The number of nitrogens with zero attached hydrogens (tertiary/aromatic N) is 1. The van der Waals surface area contributed by atoms with Crippen LogP contribution in [0, 0.1) is 12.8 Å². The monoisotopic (exact) mass is 413 g/mol. The molecule has 0 radical (unpaired) electrons. The van der Waals surface area contributed by atoms with Crippen LogP contribution in [0.25, 0.3) is 0 Å². The van der Waals surface area contributed by atoms with E-state index >= 15 is 0 Å². The van der Waals surface area contributed by atoms with Gasteiger partial charge >= 0.3 is 0 Å². The molecule has 1 aromatic carbocycles. The summed E-state index contributed by atoms with van der Waals surface area (Å²) in [7, 11) is 0. The second-order valence-corrected chi connectivity index (χ2v) is 8.83. The summed E-state index contributed by atoms with van der Waals surface area (Å²) in [4.78, 5) is 39.3. The van der Waals surface area contributed by atoms with Gasteiger partial charge in [0.15, 0.2) is 0 Å². The summed E-state index contributed by atoms with van der Waals surface area (Å²) < 4.78 is 0. The van der Waals surface area contributed by atoms with Gasteiger partial charge in [0.05, 0.1) is 0 Å². The van der Waals surface area contributed by atoms with Gasteiger partial charge < -0.3 is 15.5 Å². The Balaban J connectivity index is 1.52. The molecule has 0 spiro atoms. The van der Waals surface area contributed by atoms with Crippen molar-refractivity contribution in [1.29, 1.82) is 0 Å². The van der Waals surface area contributed by atoms with Crippen LogP contribution in [-0.4, -0.2) is 47.8 Å². The van der Waals surface area contributed by atoms with Crippen LogP contribution in [-0.2, 0) is 20.8 Å². The first-order chi connectivity index (χ1) is 14.4. The van der Waals surface area contributed by atoms with Gasteiger partial charge in [-0.1, -0.05) is 43.5 Å². The van der Waals surface area contributed by atoms with Gasteiger partial charge in [-0.3, -0.25) is 14.4 Å². The lowest BCUT2D eigenvalue weighted by atomic mass is 9.87. The van der Waals surface area contributed by atoms with E-state index in [1.165, 1.54) is 13.3 Å². The highest BCUT2D eigenvalue weighted by molar-refractivity contribution is 5.87. The zero-order valence-corrected chi connectivity index (χ0v) is 18.3. The standard InChI is InChI=1S/C24H35N3O3/c1-17-8-6-7-11-20(17)16-22(25-18(2)28)23(29)26-21-12-14-27(15-13-21)24(30)19-9-4-3-5-10-19/h6-8,11,19,21-22H,3-5,9-10,12-16H2,1-2H3,(H,25,28)(H,26,29). The summed E-state index contributed by atoms with van der Waals surface area (Å²) in [6.45, 7) is 4.84. The molecule has 2 aliphatic rings. The van der Waals surface area contributed by atoms with Crippen molar-refractivity contribution in [3.05, 3.63) is 35.4 Å². The summed E-state index contributed by atoms with van der Waals surface area (Å²) in [5.74, 6) is 0.139. The predicted molar refractivity (Wildman–Crippen MR) is 117 cm³/mol.